The van der Waals surface area contributed by atoms with Gasteiger partial charge >= 0.3 is 5.97 Å². The normalized spacial score (nSPS) is 17.4. The highest BCUT2D eigenvalue weighted by Gasteiger charge is 2.16. The van der Waals surface area contributed by atoms with Gasteiger partial charge in [-0.05, 0) is 31.2 Å². The minimum absolute atomic E-state index is 0.132. The van der Waals surface area contributed by atoms with Crippen molar-refractivity contribution >= 4 is 17.6 Å². The van der Waals surface area contributed by atoms with Gasteiger partial charge in [0.05, 0.1) is 6.54 Å². The average Bonchev–Trinajstić information content (AvgIpc) is 2.64. The Hall–Kier alpha value is -1.30. The highest BCUT2D eigenvalue weighted by molar-refractivity contribution is 6.30. The van der Waals surface area contributed by atoms with Crippen molar-refractivity contribution in [3.05, 3.63) is 29.3 Å². The number of nitrogens with zero attached hydrogens (tertiary/aromatic N) is 2. The molecule has 0 unspecified atom stereocenters. The Morgan fingerprint density at radius 3 is 2.76 bits per heavy atom. The van der Waals surface area contributed by atoms with Gasteiger partial charge in [0, 0.05) is 31.2 Å². The maximum Gasteiger partial charge on any atom is 0.317 e. The zero-order valence-corrected chi connectivity index (χ0v) is 12.8. The molecule has 0 aliphatic carbocycles. The van der Waals surface area contributed by atoms with Crippen molar-refractivity contribution in [3.63, 3.8) is 0 Å². The van der Waals surface area contributed by atoms with Gasteiger partial charge in [-0.25, -0.2) is 0 Å². The molecule has 21 heavy (non-hydrogen) atoms. The maximum atomic E-state index is 10.7. The van der Waals surface area contributed by atoms with E-state index in [0.29, 0.717) is 11.6 Å². The second-order valence-electron chi connectivity index (χ2n) is 5.17. The second kappa shape index (κ2) is 8.22. The maximum absolute atomic E-state index is 10.7. The van der Waals surface area contributed by atoms with Crippen molar-refractivity contribution in [2.45, 2.75) is 6.42 Å². The van der Waals surface area contributed by atoms with Gasteiger partial charge in [0.25, 0.3) is 0 Å². The lowest BCUT2D eigenvalue weighted by atomic mass is 10.3. The Bertz CT molecular complexity index is 470. The third-order valence-electron chi connectivity index (χ3n) is 3.51. The molecular weight excluding hydrogens is 292 g/mol. The largest absolute Gasteiger partial charge is 0.492 e. The third kappa shape index (κ3) is 5.91. The Kier molecular flexibility index (Phi) is 6.29. The topological polar surface area (TPSA) is 53.0 Å². The molecule has 5 nitrogen and oxygen atoms in total. The van der Waals surface area contributed by atoms with Gasteiger partial charge < -0.3 is 9.84 Å². The third-order valence-corrected chi connectivity index (χ3v) is 3.75. The van der Waals surface area contributed by atoms with Crippen LogP contribution in [0.15, 0.2) is 24.3 Å². The first kappa shape index (κ1) is 16.1. The minimum Gasteiger partial charge on any atom is -0.492 e. The molecule has 0 saturated carbocycles. The lowest BCUT2D eigenvalue weighted by Gasteiger charge is -2.20. The predicted molar refractivity (Wildman–Crippen MR) is 82.1 cm³/mol. The highest BCUT2D eigenvalue weighted by Crippen LogP contribution is 2.17. The zero-order chi connectivity index (χ0) is 15.1. The Morgan fingerprint density at radius 2 is 2.00 bits per heavy atom. The van der Waals surface area contributed by atoms with Crippen LogP contribution in [-0.4, -0.2) is 66.8 Å². The molecule has 1 aromatic rings. The second-order valence-corrected chi connectivity index (χ2v) is 5.61. The molecule has 0 amide bonds. The molecule has 0 aromatic heterocycles. The summed E-state index contributed by atoms with van der Waals surface area (Å²) in [7, 11) is 0. The number of carboxylic acids is 1. The molecule has 1 heterocycles. The van der Waals surface area contributed by atoms with Crippen LogP contribution in [0.25, 0.3) is 0 Å². The van der Waals surface area contributed by atoms with Crippen molar-refractivity contribution in [2.24, 2.45) is 0 Å². The SMILES string of the molecule is O=C(O)CN1CCCN(CCOc2cccc(Cl)c2)CC1. The van der Waals surface area contributed by atoms with E-state index in [0.717, 1.165) is 44.9 Å². The zero-order valence-electron chi connectivity index (χ0n) is 12.0. The number of hydrogen-bond donors (Lipinski definition) is 1. The van der Waals surface area contributed by atoms with Gasteiger partial charge in [0.15, 0.2) is 0 Å². The van der Waals surface area contributed by atoms with Gasteiger partial charge in [0.2, 0.25) is 0 Å². The lowest BCUT2D eigenvalue weighted by molar-refractivity contribution is -0.138. The van der Waals surface area contributed by atoms with Crippen molar-refractivity contribution < 1.29 is 14.6 Å². The summed E-state index contributed by atoms with van der Waals surface area (Å²) in [6.45, 7) is 5.09. The fraction of sp³-hybridized carbons (Fsp3) is 0.533. The van der Waals surface area contributed by atoms with Crippen molar-refractivity contribution in [1.29, 1.82) is 0 Å². The van der Waals surface area contributed by atoms with Crippen LogP contribution in [0.5, 0.6) is 5.75 Å². The fourth-order valence-electron chi connectivity index (χ4n) is 2.45. The number of halogens is 1. The van der Waals surface area contributed by atoms with E-state index in [1.54, 1.807) is 6.07 Å². The summed E-state index contributed by atoms with van der Waals surface area (Å²) in [5.41, 5.74) is 0. The first-order valence-corrected chi connectivity index (χ1v) is 7.56. The molecule has 0 spiro atoms. The summed E-state index contributed by atoms with van der Waals surface area (Å²) < 4.78 is 5.69. The molecule has 0 radical (unpaired) electrons. The van der Waals surface area contributed by atoms with Crippen LogP contribution in [0.1, 0.15) is 6.42 Å². The highest BCUT2D eigenvalue weighted by atomic mass is 35.5. The van der Waals surface area contributed by atoms with Crippen LogP contribution in [0.2, 0.25) is 5.02 Å². The number of carbonyl (C=O) groups is 1. The monoisotopic (exact) mass is 312 g/mol. The first-order chi connectivity index (χ1) is 10.1. The number of hydrogen-bond acceptors (Lipinski definition) is 4. The average molecular weight is 313 g/mol. The fourth-order valence-corrected chi connectivity index (χ4v) is 2.63. The summed E-state index contributed by atoms with van der Waals surface area (Å²) in [6.07, 6.45) is 0.991. The van der Waals surface area contributed by atoms with Crippen molar-refractivity contribution in [3.8, 4) is 5.75 Å². The van der Waals surface area contributed by atoms with Crippen LogP contribution >= 0.6 is 11.6 Å². The lowest BCUT2D eigenvalue weighted by Crippen LogP contribution is -2.35. The quantitative estimate of drug-likeness (QED) is 0.868. The van der Waals surface area contributed by atoms with Gasteiger partial charge in [-0.15, -0.1) is 0 Å². The number of ether oxygens (including phenoxy) is 1. The van der Waals surface area contributed by atoms with E-state index < -0.39 is 5.97 Å². The first-order valence-electron chi connectivity index (χ1n) is 7.18. The van der Waals surface area contributed by atoms with Crippen molar-refractivity contribution in [1.82, 2.24) is 9.80 Å². The van der Waals surface area contributed by atoms with Crippen LogP contribution in [-0.2, 0) is 4.79 Å². The summed E-state index contributed by atoms with van der Waals surface area (Å²) >= 11 is 5.91. The summed E-state index contributed by atoms with van der Waals surface area (Å²) in [5.74, 6) is 0.0255. The van der Waals surface area contributed by atoms with Gasteiger partial charge in [0.1, 0.15) is 12.4 Å². The van der Waals surface area contributed by atoms with E-state index in [1.165, 1.54) is 0 Å². The number of rotatable bonds is 6. The Morgan fingerprint density at radius 1 is 1.24 bits per heavy atom. The molecule has 1 fully saturated rings. The van der Waals surface area contributed by atoms with E-state index in [1.807, 2.05) is 23.1 Å². The molecule has 0 bridgehead atoms. The van der Waals surface area contributed by atoms with Gasteiger partial charge in [-0.1, -0.05) is 17.7 Å². The molecule has 1 N–H and O–H groups in total. The molecule has 1 aliphatic rings. The van der Waals surface area contributed by atoms with Crippen LogP contribution in [0.3, 0.4) is 0 Å². The number of aliphatic carboxylic acids is 1. The van der Waals surface area contributed by atoms with E-state index >= 15 is 0 Å². The van der Waals surface area contributed by atoms with Crippen LogP contribution in [0.4, 0.5) is 0 Å². The van der Waals surface area contributed by atoms with Crippen molar-refractivity contribution in [2.75, 3.05) is 45.9 Å². The summed E-state index contributed by atoms with van der Waals surface area (Å²) in [4.78, 5) is 15.0. The van der Waals surface area contributed by atoms with E-state index in [-0.39, 0.29) is 6.54 Å². The predicted octanol–water partition coefficient (Wildman–Crippen LogP) is 1.81. The standard InChI is InChI=1S/C15H21ClN2O3/c16-13-3-1-4-14(11-13)21-10-9-17-5-2-6-18(8-7-17)12-15(19)20/h1,3-4,11H,2,5-10,12H2,(H,19,20). The van der Waals surface area contributed by atoms with E-state index in [9.17, 15) is 4.79 Å². The van der Waals surface area contributed by atoms with E-state index in [4.69, 9.17) is 21.4 Å². The molecule has 116 valence electrons. The molecule has 1 aliphatic heterocycles. The number of benzene rings is 1. The van der Waals surface area contributed by atoms with Crippen LogP contribution < -0.4 is 4.74 Å². The smallest absolute Gasteiger partial charge is 0.317 e. The summed E-state index contributed by atoms with van der Waals surface area (Å²) in [5, 5.41) is 9.50. The minimum atomic E-state index is -0.757. The molecule has 6 heteroatoms. The molecule has 0 atom stereocenters. The number of carboxylic acid groups (broad SMARTS) is 1. The molecule has 1 saturated heterocycles. The molecule has 1 aromatic carbocycles. The van der Waals surface area contributed by atoms with E-state index in [2.05, 4.69) is 4.90 Å². The van der Waals surface area contributed by atoms with Gasteiger partial charge in [-0.2, -0.15) is 0 Å². The molecule has 2 rings (SSSR count). The van der Waals surface area contributed by atoms with Gasteiger partial charge in [-0.3, -0.25) is 14.6 Å². The summed E-state index contributed by atoms with van der Waals surface area (Å²) in [6, 6.07) is 7.38. The Labute approximate surface area is 130 Å². The Balaban J connectivity index is 1.70. The van der Waals surface area contributed by atoms with Crippen LogP contribution in [0, 0.1) is 0 Å². The molecular formula is C15H21ClN2O3.